The van der Waals surface area contributed by atoms with Gasteiger partial charge in [-0.05, 0) is 37.3 Å². The van der Waals surface area contributed by atoms with Gasteiger partial charge in [-0.15, -0.1) is 14.4 Å². The molecule has 168 valence electrons. The first-order valence-corrected chi connectivity index (χ1v) is 13.1. The number of carbonyl (C=O) groups is 1. The van der Waals surface area contributed by atoms with E-state index in [2.05, 4.69) is 24.3 Å². The maximum absolute atomic E-state index is 12.7. The number of hydrogen-bond donors (Lipinski definition) is 0. The Morgan fingerprint density at radius 1 is 0.828 bits per heavy atom. The van der Waals surface area contributed by atoms with Crippen LogP contribution in [0.25, 0.3) is 0 Å². The first kappa shape index (κ1) is 22.7. The van der Waals surface area contributed by atoms with Crippen molar-refractivity contribution in [2.45, 2.75) is 38.5 Å². The third-order valence-electron chi connectivity index (χ3n) is 4.98. The number of rotatable bonds is 4. The number of carbonyl (C=O) groups excluding carboxylic acids is 1. The van der Waals surface area contributed by atoms with Gasteiger partial charge in [0.1, 0.15) is 0 Å². The van der Waals surface area contributed by atoms with Crippen molar-refractivity contribution in [3.8, 4) is 0 Å². The van der Waals surface area contributed by atoms with Crippen LogP contribution in [0.4, 0.5) is 25.2 Å². The van der Waals surface area contributed by atoms with Crippen molar-refractivity contribution in [3.63, 3.8) is 0 Å². The molecule has 1 amide bonds. The zero-order chi connectivity index (χ0) is 21.4. The number of hydrogen-bond acceptors (Lipinski definition) is 5. The van der Waals surface area contributed by atoms with E-state index < -0.39 is 15.7 Å². The summed E-state index contributed by atoms with van der Waals surface area (Å²) in [5, 5.41) is 8.47. The summed E-state index contributed by atoms with van der Waals surface area (Å²) in [5.41, 5.74) is 0. The fourth-order valence-electron chi connectivity index (χ4n) is 4.05. The van der Waals surface area contributed by atoms with E-state index in [0.29, 0.717) is 12.3 Å². The van der Waals surface area contributed by atoms with Crippen molar-refractivity contribution in [1.29, 1.82) is 0 Å². The normalized spacial score (nSPS) is 24.3. The number of amides is 1. The van der Waals surface area contributed by atoms with Crippen LogP contribution in [0, 0.1) is 0 Å². The van der Waals surface area contributed by atoms with E-state index in [1.807, 2.05) is 10.6 Å². The molecule has 0 unspecified atom stereocenters. The van der Waals surface area contributed by atoms with Crippen LogP contribution in [-0.2, 0) is 4.79 Å². The molecule has 15 heteroatoms. The summed E-state index contributed by atoms with van der Waals surface area (Å²) >= 11 is 0. The topological polar surface area (TPSA) is 57.5 Å². The Morgan fingerprint density at radius 2 is 1.31 bits per heavy atom. The molecular weight excluding hydrogens is 444 g/mol. The van der Waals surface area contributed by atoms with Gasteiger partial charge in [0.2, 0.25) is 0 Å². The molecule has 1 aromatic heterocycles. The fourth-order valence-corrected chi connectivity index (χ4v) is 8.60. The van der Waals surface area contributed by atoms with E-state index in [4.69, 9.17) is 0 Å². The van der Waals surface area contributed by atoms with Gasteiger partial charge in [-0.1, -0.05) is 4.45 Å². The van der Waals surface area contributed by atoms with Crippen LogP contribution in [0.3, 0.4) is 0 Å². The fraction of sp³-hybridized carbons (Fsp3) is 0.786. The van der Waals surface area contributed by atoms with E-state index >= 15 is 0 Å². The largest absolute Gasteiger partial charge is 0.381 e. The monoisotopic (exact) mass is 468 g/mol. The average Bonchev–Trinajstić information content (AvgIpc) is 3.37. The summed E-state index contributed by atoms with van der Waals surface area (Å²) in [6.45, 7) is 5.11. The van der Waals surface area contributed by atoms with E-state index in [-0.39, 0.29) is 0 Å². The first-order valence-electron chi connectivity index (χ1n) is 9.43. The van der Waals surface area contributed by atoms with E-state index in [1.54, 1.807) is 6.20 Å². The molecule has 0 aromatic carbocycles. The number of nitrogens with zero attached hydrogens (tertiary/aromatic N) is 6. The Morgan fingerprint density at radius 3 is 1.66 bits per heavy atom. The van der Waals surface area contributed by atoms with Gasteiger partial charge in [-0.25, -0.2) is 0 Å². The Kier molecular flexibility index (Phi) is 5.69. The predicted octanol–water partition coefficient (Wildman–Crippen LogP) is 5.00. The van der Waals surface area contributed by atoms with Gasteiger partial charge >= 0.3 is 40.9 Å². The first-order chi connectivity index (χ1) is 13.3. The van der Waals surface area contributed by atoms with Gasteiger partial charge in [-0.3, -0.25) is 4.79 Å². The van der Waals surface area contributed by atoms with Crippen LogP contribution in [-0.4, -0.2) is 67.4 Å². The molecule has 4 heterocycles. The standard InChI is InChI=1S/C14H24N6OP.F6P/c21-14-6-5-12-19(14)22(17-8-1-2-9-17,18-10-3-4-11-18)20-13-7-15-16-20;1-7(2,3,4,5)6/h7,13H,1-6,8-12H2;/q+1;-1. The number of halogens is 6. The molecule has 0 spiro atoms. The Balaban J connectivity index is 0.000000298. The van der Waals surface area contributed by atoms with Crippen molar-refractivity contribution < 1.29 is 30.0 Å². The second kappa shape index (κ2) is 7.28. The summed E-state index contributed by atoms with van der Waals surface area (Å²) < 4.78 is 68.5. The molecule has 3 fully saturated rings. The average molecular weight is 468 g/mol. The molecule has 3 saturated heterocycles. The van der Waals surface area contributed by atoms with Crippen LogP contribution in [0.2, 0.25) is 0 Å². The van der Waals surface area contributed by atoms with Gasteiger partial charge in [0.25, 0.3) is 5.91 Å². The Hall–Kier alpha value is -1.03. The van der Waals surface area contributed by atoms with Crippen molar-refractivity contribution >= 4 is 21.6 Å². The van der Waals surface area contributed by atoms with E-state index in [0.717, 1.165) is 39.1 Å². The molecule has 0 radical (unpaired) electrons. The van der Waals surface area contributed by atoms with E-state index in [1.165, 1.54) is 25.7 Å². The van der Waals surface area contributed by atoms with E-state index in [9.17, 15) is 30.0 Å². The molecule has 0 bridgehead atoms. The maximum atomic E-state index is 12.7. The van der Waals surface area contributed by atoms with Crippen LogP contribution < -0.4 is 0 Å². The molecule has 29 heavy (non-hydrogen) atoms. The second-order valence-corrected chi connectivity index (χ2v) is 12.3. The summed E-state index contributed by atoms with van der Waals surface area (Å²) in [5.74, 6) is 0.294. The third-order valence-corrected chi connectivity index (χ3v) is 9.13. The van der Waals surface area contributed by atoms with Crippen LogP contribution in [0.15, 0.2) is 12.4 Å². The quantitative estimate of drug-likeness (QED) is 0.460. The van der Waals surface area contributed by atoms with Crippen molar-refractivity contribution in [2.75, 3.05) is 32.7 Å². The smallest absolute Gasteiger partial charge is 0.271 e. The van der Waals surface area contributed by atoms with Crippen molar-refractivity contribution in [3.05, 3.63) is 12.4 Å². The molecular formula is C14H24F6N6OP2. The van der Waals surface area contributed by atoms with Gasteiger partial charge < -0.3 is 0 Å². The summed E-state index contributed by atoms with van der Waals surface area (Å²) in [7, 11) is -12.8. The molecule has 4 rings (SSSR count). The van der Waals surface area contributed by atoms with Gasteiger partial charge in [0, 0.05) is 32.6 Å². The maximum Gasteiger partial charge on any atom is 0.381 e. The van der Waals surface area contributed by atoms with Crippen LogP contribution in [0.5, 0.6) is 0 Å². The molecule has 0 atom stereocenters. The molecule has 0 N–H and O–H groups in total. The van der Waals surface area contributed by atoms with Crippen molar-refractivity contribution in [2.24, 2.45) is 0 Å². The third kappa shape index (κ3) is 5.77. The van der Waals surface area contributed by atoms with Crippen LogP contribution >= 0.6 is 15.7 Å². The van der Waals surface area contributed by atoms with Crippen molar-refractivity contribution in [1.82, 2.24) is 28.8 Å². The minimum Gasteiger partial charge on any atom is -0.271 e. The van der Waals surface area contributed by atoms with Crippen LogP contribution in [0.1, 0.15) is 38.5 Å². The molecule has 3 aliphatic heterocycles. The summed E-state index contributed by atoms with van der Waals surface area (Å²) in [4.78, 5) is 12.7. The molecule has 0 aliphatic carbocycles. The molecule has 7 nitrogen and oxygen atoms in total. The Labute approximate surface area is 164 Å². The SMILES string of the molecule is F[P-](F)(F)(F)(F)F.O=C1CCCN1[P+](N1CCCC1)(N1CCCC1)n1ccnn1. The predicted molar refractivity (Wildman–Crippen MR) is 98.5 cm³/mol. The molecule has 3 aliphatic rings. The summed E-state index contributed by atoms with van der Waals surface area (Å²) in [6, 6.07) is 0. The summed E-state index contributed by atoms with van der Waals surface area (Å²) in [6.07, 6.45) is 10.2. The molecule has 1 aromatic rings. The minimum absolute atomic E-state index is 0.294. The second-order valence-electron chi connectivity index (χ2n) is 7.26. The minimum atomic E-state index is -10.7. The Bertz CT molecular complexity index is 691. The van der Waals surface area contributed by atoms with Gasteiger partial charge in [0.05, 0.1) is 18.9 Å². The number of aromatic nitrogens is 3. The molecule has 0 saturated carbocycles. The van der Waals surface area contributed by atoms with Gasteiger partial charge in [0.15, 0.2) is 0 Å². The van der Waals surface area contributed by atoms with Gasteiger partial charge in [-0.2, -0.15) is 4.67 Å². The zero-order valence-corrected chi connectivity index (χ0v) is 17.5. The zero-order valence-electron chi connectivity index (χ0n) is 15.7.